The number of nitrogens with zero attached hydrogens (tertiary/aromatic N) is 1. The van der Waals surface area contributed by atoms with Gasteiger partial charge in [-0.05, 0) is 24.8 Å². The zero-order valence-corrected chi connectivity index (χ0v) is 9.43. The van der Waals surface area contributed by atoms with Crippen LogP contribution in [0.4, 0.5) is 5.82 Å². The van der Waals surface area contributed by atoms with Crippen LogP contribution in [-0.2, 0) is 0 Å². The highest BCUT2D eigenvalue weighted by Gasteiger charge is 2.00. The van der Waals surface area contributed by atoms with Gasteiger partial charge < -0.3 is 10.5 Å². The third kappa shape index (κ3) is 3.46. The van der Waals surface area contributed by atoms with Crippen LogP contribution in [0.2, 0.25) is 0 Å². The smallest absolute Gasteiger partial charge is 0.166 e. The largest absolute Gasteiger partial charge is 0.489 e. The van der Waals surface area contributed by atoms with Crippen molar-refractivity contribution in [2.24, 2.45) is 0 Å². The van der Waals surface area contributed by atoms with Gasteiger partial charge in [-0.2, -0.15) is 11.8 Å². The van der Waals surface area contributed by atoms with Crippen LogP contribution in [-0.4, -0.2) is 23.1 Å². The van der Waals surface area contributed by atoms with Crippen molar-refractivity contribution in [3.05, 3.63) is 17.8 Å². The first kappa shape index (κ1) is 11.2. The molecule has 0 bridgehead atoms. The van der Waals surface area contributed by atoms with Gasteiger partial charge in [0.05, 0.1) is 6.61 Å². The fraction of sp³-hybridized carbons (Fsp3) is 0.500. The van der Waals surface area contributed by atoms with Crippen LogP contribution >= 0.6 is 11.8 Å². The van der Waals surface area contributed by atoms with Gasteiger partial charge in [0.1, 0.15) is 0 Å². The van der Waals surface area contributed by atoms with Gasteiger partial charge in [0.2, 0.25) is 0 Å². The zero-order chi connectivity index (χ0) is 10.4. The Hall–Kier alpha value is -0.900. The van der Waals surface area contributed by atoms with Gasteiger partial charge in [-0.15, -0.1) is 0 Å². The molecule has 0 amide bonds. The Morgan fingerprint density at radius 2 is 2.29 bits per heavy atom. The summed E-state index contributed by atoms with van der Waals surface area (Å²) >= 11 is 1.85. The summed E-state index contributed by atoms with van der Waals surface area (Å²) in [4.78, 5) is 4.12. The van der Waals surface area contributed by atoms with Crippen molar-refractivity contribution in [3.8, 4) is 5.75 Å². The third-order valence-corrected chi connectivity index (χ3v) is 2.58. The average Bonchev–Trinajstić information content (AvgIpc) is 2.15. The molecule has 0 atom stereocenters. The van der Waals surface area contributed by atoms with Crippen molar-refractivity contribution in [1.29, 1.82) is 0 Å². The van der Waals surface area contributed by atoms with E-state index < -0.39 is 0 Å². The van der Waals surface area contributed by atoms with Crippen LogP contribution in [0.3, 0.4) is 0 Å². The number of aromatic nitrogens is 1. The normalized spacial score (nSPS) is 10.1. The molecule has 0 fully saturated rings. The van der Waals surface area contributed by atoms with Crippen LogP contribution < -0.4 is 10.5 Å². The molecule has 2 N–H and O–H groups in total. The van der Waals surface area contributed by atoms with Crippen LogP contribution in [0.1, 0.15) is 12.6 Å². The number of ether oxygens (including phenoxy) is 1. The molecule has 78 valence electrons. The highest BCUT2D eigenvalue weighted by atomic mass is 32.2. The van der Waals surface area contributed by atoms with E-state index in [-0.39, 0.29) is 0 Å². The van der Waals surface area contributed by atoms with Crippen molar-refractivity contribution < 1.29 is 4.74 Å². The molecule has 14 heavy (non-hydrogen) atoms. The lowest BCUT2D eigenvalue weighted by Crippen LogP contribution is -2.04. The summed E-state index contributed by atoms with van der Waals surface area (Å²) in [5, 5.41) is 0. The molecule has 0 aromatic carbocycles. The van der Waals surface area contributed by atoms with Crippen LogP contribution in [0.5, 0.6) is 5.75 Å². The second-order valence-electron chi connectivity index (χ2n) is 2.88. The van der Waals surface area contributed by atoms with Crippen LogP contribution in [0, 0.1) is 6.92 Å². The quantitative estimate of drug-likeness (QED) is 0.759. The van der Waals surface area contributed by atoms with Crippen molar-refractivity contribution in [2.75, 3.05) is 23.8 Å². The summed E-state index contributed by atoms with van der Waals surface area (Å²) in [6.07, 6.45) is 0. The molecule has 0 unspecified atom stereocenters. The second-order valence-corrected chi connectivity index (χ2v) is 4.28. The molecule has 0 aliphatic rings. The summed E-state index contributed by atoms with van der Waals surface area (Å²) in [6, 6.07) is 3.77. The van der Waals surface area contributed by atoms with E-state index in [2.05, 4.69) is 11.9 Å². The van der Waals surface area contributed by atoms with E-state index in [4.69, 9.17) is 10.5 Å². The maximum atomic E-state index is 5.69. The Morgan fingerprint density at radius 3 is 2.93 bits per heavy atom. The standard InChI is InChI=1S/C10H16N2OS/c1-3-14-7-6-13-9-5-4-8(2)12-10(9)11/h4-5H,3,6-7H2,1-2H3,(H2,11,12). The minimum atomic E-state index is 0.478. The minimum Gasteiger partial charge on any atom is -0.489 e. The summed E-state index contributed by atoms with van der Waals surface area (Å²) in [6.45, 7) is 4.73. The molecule has 0 aliphatic carbocycles. The Labute approximate surface area is 89.1 Å². The number of thioether (sulfide) groups is 1. The average molecular weight is 212 g/mol. The summed E-state index contributed by atoms with van der Waals surface area (Å²) in [5.41, 5.74) is 6.61. The van der Waals surface area contributed by atoms with Gasteiger partial charge in [0, 0.05) is 11.4 Å². The molecule has 0 aliphatic heterocycles. The fourth-order valence-corrected chi connectivity index (χ4v) is 1.53. The molecule has 0 saturated heterocycles. The lowest BCUT2D eigenvalue weighted by atomic mass is 10.3. The van der Waals surface area contributed by atoms with E-state index in [1.165, 1.54) is 0 Å². The minimum absolute atomic E-state index is 0.478. The van der Waals surface area contributed by atoms with E-state index >= 15 is 0 Å². The van der Waals surface area contributed by atoms with Gasteiger partial charge in [-0.3, -0.25) is 0 Å². The van der Waals surface area contributed by atoms with Crippen LogP contribution in [0.25, 0.3) is 0 Å². The molecule has 1 aromatic heterocycles. The SMILES string of the molecule is CCSCCOc1ccc(C)nc1N. The number of anilines is 1. The maximum Gasteiger partial charge on any atom is 0.166 e. The van der Waals surface area contributed by atoms with E-state index in [1.807, 2.05) is 30.8 Å². The van der Waals surface area contributed by atoms with Crippen molar-refractivity contribution in [1.82, 2.24) is 4.98 Å². The van der Waals surface area contributed by atoms with Crippen molar-refractivity contribution in [3.63, 3.8) is 0 Å². The Kier molecular flexibility index (Phi) is 4.59. The second kappa shape index (κ2) is 5.75. The molecule has 0 saturated carbocycles. The Balaban J connectivity index is 2.42. The number of aryl methyl sites for hydroxylation is 1. The Bertz CT molecular complexity index is 291. The molecule has 1 aromatic rings. The van der Waals surface area contributed by atoms with Gasteiger partial charge in [0.15, 0.2) is 11.6 Å². The first-order valence-electron chi connectivity index (χ1n) is 4.67. The van der Waals surface area contributed by atoms with E-state index in [0.29, 0.717) is 18.2 Å². The van der Waals surface area contributed by atoms with Crippen LogP contribution in [0.15, 0.2) is 12.1 Å². The molecule has 4 heteroatoms. The summed E-state index contributed by atoms with van der Waals surface area (Å²) in [7, 11) is 0. The molecule has 1 heterocycles. The topological polar surface area (TPSA) is 48.1 Å². The molecular weight excluding hydrogens is 196 g/mol. The lowest BCUT2D eigenvalue weighted by molar-refractivity contribution is 0.344. The molecule has 3 nitrogen and oxygen atoms in total. The Morgan fingerprint density at radius 1 is 1.50 bits per heavy atom. The monoisotopic (exact) mass is 212 g/mol. The lowest BCUT2D eigenvalue weighted by Gasteiger charge is -2.07. The first-order chi connectivity index (χ1) is 6.74. The summed E-state index contributed by atoms with van der Waals surface area (Å²) < 4.78 is 5.49. The number of rotatable bonds is 5. The predicted octanol–water partition coefficient (Wildman–Crippen LogP) is 2.10. The highest BCUT2D eigenvalue weighted by molar-refractivity contribution is 7.99. The van der Waals surface area contributed by atoms with E-state index in [0.717, 1.165) is 17.2 Å². The number of nitrogens with two attached hydrogens (primary N) is 1. The van der Waals surface area contributed by atoms with E-state index in [9.17, 15) is 0 Å². The number of nitrogen functional groups attached to an aromatic ring is 1. The van der Waals surface area contributed by atoms with E-state index in [1.54, 1.807) is 0 Å². The number of hydrogen-bond acceptors (Lipinski definition) is 4. The molecule has 0 spiro atoms. The molecule has 1 rings (SSSR count). The number of hydrogen-bond donors (Lipinski definition) is 1. The molecule has 0 radical (unpaired) electrons. The maximum absolute atomic E-state index is 5.69. The van der Waals surface area contributed by atoms with Gasteiger partial charge in [0.25, 0.3) is 0 Å². The van der Waals surface area contributed by atoms with Crippen molar-refractivity contribution in [2.45, 2.75) is 13.8 Å². The van der Waals surface area contributed by atoms with Gasteiger partial charge >= 0.3 is 0 Å². The summed E-state index contributed by atoms with van der Waals surface area (Å²) in [5.74, 6) is 3.27. The van der Waals surface area contributed by atoms with Crippen molar-refractivity contribution >= 4 is 17.6 Å². The van der Waals surface area contributed by atoms with Gasteiger partial charge in [-0.25, -0.2) is 4.98 Å². The fourth-order valence-electron chi connectivity index (χ4n) is 1.04. The first-order valence-corrected chi connectivity index (χ1v) is 5.83. The molecular formula is C10H16N2OS. The number of pyridine rings is 1. The highest BCUT2D eigenvalue weighted by Crippen LogP contribution is 2.18. The van der Waals surface area contributed by atoms with Gasteiger partial charge in [-0.1, -0.05) is 6.92 Å². The third-order valence-electron chi connectivity index (χ3n) is 1.71. The predicted molar refractivity (Wildman–Crippen MR) is 61.9 cm³/mol. The zero-order valence-electron chi connectivity index (χ0n) is 8.62.